The number of amides is 1. The van der Waals surface area contributed by atoms with Crippen LogP contribution in [-0.2, 0) is 4.79 Å². The van der Waals surface area contributed by atoms with Crippen molar-refractivity contribution in [3.05, 3.63) is 29.8 Å². The first kappa shape index (κ1) is 18.0. The molecule has 4 nitrogen and oxygen atoms in total. The Labute approximate surface area is 150 Å². The van der Waals surface area contributed by atoms with Crippen LogP contribution in [0.5, 0.6) is 5.75 Å². The molecule has 0 aromatic heterocycles. The number of nitrogens with one attached hydrogen (secondary N) is 1. The van der Waals surface area contributed by atoms with Crippen molar-refractivity contribution in [3.63, 3.8) is 0 Å². The number of hydrogen-bond acceptors (Lipinski definition) is 3. The van der Waals surface area contributed by atoms with Gasteiger partial charge in [0.05, 0.1) is 0 Å². The van der Waals surface area contributed by atoms with E-state index in [9.17, 15) is 9.59 Å². The smallest absolute Gasteiger partial charge is 0.260 e. The molecule has 2 aliphatic rings. The van der Waals surface area contributed by atoms with Crippen LogP contribution in [0.25, 0.3) is 0 Å². The molecule has 0 unspecified atom stereocenters. The van der Waals surface area contributed by atoms with E-state index in [-0.39, 0.29) is 17.7 Å². The van der Waals surface area contributed by atoms with Crippen LogP contribution >= 0.6 is 0 Å². The van der Waals surface area contributed by atoms with Gasteiger partial charge in [0.15, 0.2) is 11.9 Å². The quantitative estimate of drug-likeness (QED) is 0.818. The summed E-state index contributed by atoms with van der Waals surface area (Å²) in [7, 11) is 0. The van der Waals surface area contributed by atoms with Gasteiger partial charge >= 0.3 is 0 Å². The third-order valence-corrected chi connectivity index (χ3v) is 5.81. The topological polar surface area (TPSA) is 55.4 Å². The maximum atomic E-state index is 12.5. The summed E-state index contributed by atoms with van der Waals surface area (Å²) in [6, 6.07) is 7.29. The number of Topliss-reactive ketones (excluding diaryl/α,β-unsaturated/α-hetero) is 1. The van der Waals surface area contributed by atoms with E-state index >= 15 is 0 Å². The number of carbonyl (C=O) groups is 2. The predicted octanol–water partition coefficient (Wildman–Crippen LogP) is 4.13. The standard InChI is InChI=1S/C21H29NO3/c1-14(23)17-8-5-9-20(13-17)25-15(2)21(24)22-19-11-10-16-6-3-4-7-18(16)12-19/h5,8-9,13,15-16,18-19H,3-4,6-7,10-12H2,1-2H3,(H,22,24)/t15-,16+,18-,19-/m1/s1. The number of rotatable bonds is 5. The van der Waals surface area contributed by atoms with Gasteiger partial charge in [0.25, 0.3) is 5.91 Å². The van der Waals surface area contributed by atoms with Crippen molar-refractivity contribution in [2.75, 3.05) is 0 Å². The van der Waals surface area contributed by atoms with Gasteiger partial charge in [0.1, 0.15) is 5.75 Å². The second-order valence-corrected chi connectivity index (χ2v) is 7.67. The van der Waals surface area contributed by atoms with Crippen molar-refractivity contribution in [1.82, 2.24) is 5.32 Å². The average Bonchev–Trinajstić information content (AvgIpc) is 2.61. The molecule has 4 atom stereocenters. The van der Waals surface area contributed by atoms with Crippen LogP contribution in [0.2, 0.25) is 0 Å². The molecule has 0 heterocycles. The van der Waals surface area contributed by atoms with Gasteiger partial charge in [0, 0.05) is 11.6 Å². The minimum absolute atomic E-state index is 0.00760. The van der Waals surface area contributed by atoms with Gasteiger partial charge in [-0.25, -0.2) is 0 Å². The first-order chi connectivity index (χ1) is 12.0. The Morgan fingerprint density at radius 1 is 1.12 bits per heavy atom. The monoisotopic (exact) mass is 343 g/mol. The molecule has 0 saturated heterocycles. The lowest BCUT2D eigenvalue weighted by atomic mass is 9.69. The van der Waals surface area contributed by atoms with Gasteiger partial charge in [-0.15, -0.1) is 0 Å². The van der Waals surface area contributed by atoms with Crippen molar-refractivity contribution in [1.29, 1.82) is 0 Å². The van der Waals surface area contributed by atoms with Gasteiger partial charge in [-0.2, -0.15) is 0 Å². The molecule has 2 fully saturated rings. The van der Waals surface area contributed by atoms with Crippen LogP contribution in [-0.4, -0.2) is 23.8 Å². The maximum absolute atomic E-state index is 12.5. The Hall–Kier alpha value is -1.84. The van der Waals surface area contributed by atoms with Crippen LogP contribution in [0.3, 0.4) is 0 Å². The third kappa shape index (κ3) is 4.62. The van der Waals surface area contributed by atoms with Crippen molar-refractivity contribution >= 4 is 11.7 Å². The van der Waals surface area contributed by atoms with Gasteiger partial charge in [-0.1, -0.05) is 37.8 Å². The molecule has 25 heavy (non-hydrogen) atoms. The Morgan fingerprint density at radius 3 is 2.64 bits per heavy atom. The van der Waals surface area contributed by atoms with Gasteiger partial charge in [-0.3, -0.25) is 9.59 Å². The zero-order valence-electron chi connectivity index (χ0n) is 15.3. The summed E-state index contributed by atoms with van der Waals surface area (Å²) in [6.07, 6.45) is 8.29. The summed E-state index contributed by atoms with van der Waals surface area (Å²) in [5, 5.41) is 3.18. The molecule has 0 bridgehead atoms. The lowest BCUT2D eigenvalue weighted by molar-refractivity contribution is -0.128. The van der Waals surface area contributed by atoms with Crippen molar-refractivity contribution in [2.24, 2.45) is 11.8 Å². The Balaban J connectivity index is 1.52. The zero-order valence-corrected chi connectivity index (χ0v) is 15.3. The molecular formula is C21H29NO3. The summed E-state index contributed by atoms with van der Waals surface area (Å²) in [5.74, 6) is 2.16. The maximum Gasteiger partial charge on any atom is 0.260 e. The van der Waals surface area contributed by atoms with Crippen molar-refractivity contribution in [3.8, 4) is 5.75 Å². The predicted molar refractivity (Wildman–Crippen MR) is 97.8 cm³/mol. The summed E-state index contributed by atoms with van der Waals surface area (Å²) in [6.45, 7) is 3.29. The SMILES string of the molecule is CC(=O)c1cccc(O[C@H](C)C(=O)N[C@@H]2CC[C@@H]3CCCC[C@@H]3C2)c1. The van der Waals surface area contributed by atoms with Crippen molar-refractivity contribution < 1.29 is 14.3 Å². The van der Waals surface area contributed by atoms with E-state index in [1.165, 1.54) is 39.0 Å². The number of benzene rings is 1. The number of ketones is 1. The fourth-order valence-electron chi connectivity index (χ4n) is 4.37. The zero-order chi connectivity index (χ0) is 17.8. The normalized spacial score (nSPS) is 27.0. The average molecular weight is 343 g/mol. The summed E-state index contributed by atoms with van der Waals surface area (Å²) in [4.78, 5) is 24.0. The first-order valence-electron chi connectivity index (χ1n) is 9.61. The number of hydrogen-bond donors (Lipinski definition) is 1. The van der Waals surface area contributed by atoms with Gasteiger partial charge in [0.2, 0.25) is 0 Å². The van der Waals surface area contributed by atoms with E-state index in [2.05, 4.69) is 5.32 Å². The molecule has 1 N–H and O–H groups in total. The van der Waals surface area contributed by atoms with Gasteiger partial charge in [-0.05, 0) is 57.1 Å². The molecule has 1 aromatic carbocycles. The second kappa shape index (κ2) is 8.03. The molecule has 2 saturated carbocycles. The summed E-state index contributed by atoms with van der Waals surface area (Å²) >= 11 is 0. The molecule has 0 spiro atoms. The Morgan fingerprint density at radius 2 is 1.88 bits per heavy atom. The van der Waals surface area contributed by atoms with E-state index in [1.54, 1.807) is 31.2 Å². The molecule has 1 aromatic rings. The highest BCUT2D eigenvalue weighted by Crippen LogP contribution is 2.40. The van der Waals surface area contributed by atoms with Gasteiger partial charge < -0.3 is 10.1 Å². The summed E-state index contributed by atoms with van der Waals surface area (Å²) in [5.41, 5.74) is 0.598. The molecule has 1 amide bonds. The second-order valence-electron chi connectivity index (χ2n) is 7.67. The van der Waals surface area contributed by atoms with Crippen LogP contribution in [0.4, 0.5) is 0 Å². The molecule has 0 radical (unpaired) electrons. The molecular weight excluding hydrogens is 314 g/mol. The Kier molecular flexibility index (Phi) is 5.77. The Bertz CT molecular complexity index is 627. The first-order valence-corrected chi connectivity index (χ1v) is 9.61. The lowest BCUT2D eigenvalue weighted by Gasteiger charge is -2.39. The van der Waals surface area contributed by atoms with Crippen molar-refractivity contribution in [2.45, 2.75) is 70.9 Å². The minimum atomic E-state index is -0.564. The fraction of sp³-hybridized carbons (Fsp3) is 0.619. The highest BCUT2D eigenvalue weighted by Gasteiger charge is 2.33. The molecule has 0 aliphatic heterocycles. The van der Waals surface area contributed by atoms with E-state index in [0.717, 1.165) is 24.7 Å². The lowest BCUT2D eigenvalue weighted by Crippen LogP contribution is -2.46. The number of fused-ring (bicyclic) bond motifs is 1. The fourth-order valence-corrected chi connectivity index (χ4v) is 4.37. The van der Waals surface area contributed by atoms with E-state index in [1.807, 2.05) is 0 Å². The van der Waals surface area contributed by atoms with E-state index in [4.69, 9.17) is 4.74 Å². The highest BCUT2D eigenvalue weighted by atomic mass is 16.5. The third-order valence-electron chi connectivity index (χ3n) is 5.81. The molecule has 4 heteroatoms. The summed E-state index contributed by atoms with van der Waals surface area (Å²) < 4.78 is 5.75. The number of ether oxygens (including phenoxy) is 1. The van der Waals surface area contributed by atoms with Crippen LogP contribution in [0.1, 0.15) is 69.2 Å². The molecule has 2 aliphatic carbocycles. The van der Waals surface area contributed by atoms with E-state index in [0.29, 0.717) is 11.3 Å². The molecule has 3 rings (SSSR count). The van der Waals surface area contributed by atoms with Crippen LogP contribution < -0.4 is 10.1 Å². The molecule has 136 valence electrons. The van der Waals surface area contributed by atoms with Crippen LogP contribution in [0.15, 0.2) is 24.3 Å². The number of carbonyl (C=O) groups excluding carboxylic acids is 2. The highest BCUT2D eigenvalue weighted by molar-refractivity contribution is 5.94. The van der Waals surface area contributed by atoms with E-state index < -0.39 is 6.10 Å². The largest absolute Gasteiger partial charge is 0.481 e. The minimum Gasteiger partial charge on any atom is -0.481 e. The van der Waals surface area contributed by atoms with Crippen LogP contribution in [0, 0.1) is 11.8 Å².